The molecule has 1 saturated heterocycles. The molecule has 1 aliphatic heterocycles. The summed E-state index contributed by atoms with van der Waals surface area (Å²) in [5, 5.41) is 3.17. The van der Waals surface area contributed by atoms with Crippen molar-refractivity contribution >= 4 is 22.9 Å². The van der Waals surface area contributed by atoms with Crippen molar-refractivity contribution in [2.75, 3.05) is 20.2 Å². The van der Waals surface area contributed by atoms with E-state index in [2.05, 4.69) is 16.9 Å². The van der Waals surface area contributed by atoms with Crippen LogP contribution in [0.1, 0.15) is 23.5 Å². The van der Waals surface area contributed by atoms with E-state index >= 15 is 0 Å². The lowest BCUT2D eigenvalue weighted by Gasteiger charge is -2.19. The minimum absolute atomic E-state index is 0.414. The van der Waals surface area contributed by atoms with Crippen LogP contribution in [-0.4, -0.2) is 36.2 Å². The minimum Gasteiger partial charge on any atom is -0.377 e. The van der Waals surface area contributed by atoms with Gasteiger partial charge in [-0.15, -0.1) is 22.9 Å². The lowest BCUT2D eigenvalue weighted by Crippen LogP contribution is -2.28. The molecule has 5 heteroatoms. The predicted molar refractivity (Wildman–Crippen MR) is 67.0 cm³/mol. The highest BCUT2D eigenvalue weighted by atomic mass is 35.5. The van der Waals surface area contributed by atoms with Crippen molar-refractivity contribution in [2.45, 2.75) is 31.4 Å². The molecule has 0 radical (unpaired) electrons. The molecule has 1 fully saturated rings. The summed E-state index contributed by atoms with van der Waals surface area (Å²) in [7, 11) is 2.11. The van der Waals surface area contributed by atoms with Gasteiger partial charge in [0.25, 0.3) is 0 Å². The molecule has 0 aliphatic carbocycles. The topological polar surface area (TPSA) is 25.4 Å². The van der Waals surface area contributed by atoms with Gasteiger partial charge >= 0.3 is 0 Å². The van der Waals surface area contributed by atoms with Crippen LogP contribution < -0.4 is 0 Å². The molecule has 2 rings (SSSR count). The Morgan fingerprint density at radius 3 is 3.19 bits per heavy atom. The van der Waals surface area contributed by atoms with Crippen LogP contribution in [-0.2, 0) is 17.2 Å². The fourth-order valence-corrected chi connectivity index (χ4v) is 3.02. The molecule has 1 aromatic heterocycles. The first-order valence-electron chi connectivity index (χ1n) is 5.57. The van der Waals surface area contributed by atoms with E-state index in [1.54, 1.807) is 11.3 Å². The molecular formula is C11H17ClN2OS. The first kappa shape index (κ1) is 12.3. The van der Waals surface area contributed by atoms with Gasteiger partial charge in [0.2, 0.25) is 0 Å². The molecule has 1 unspecified atom stereocenters. The minimum atomic E-state index is 0.414. The number of ether oxygens (including phenoxy) is 1. The Morgan fingerprint density at radius 2 is 2.56 bits per heavy atom. The Hall–Kier alpha value is -0.160. The molecule has 90 valence electrons. The first-order valence-corrected chi connectivity index (χ1v) is 6.98. The van der Waals surface area contributed by atoms with Gasteiger partial charge in [-0.25, -0.2) is 4.98 Å². The molecular weight excluding hydrogens is 244 g/mol. The van der Waals surface area contributed by atoms with Crippen LogP contribution in [0.25, 0.3) is 0 Å². The Kier molecular flexibility index (Phi) is 4.58. The number of hydrogen-bond acceptors (Lipinski definition) is 4. The first-order chi connectivity index (χ1) is 7.78. The summed E-state index contributed by atoms with van der Waals surface area (Å²) in [5.74, 6) is 0.506. The van der Waals surface area contributed by atoms with Gasteiger partial charge in [0, 0.05) is 18.5 Å². The van der Waals surface area contributed by atoms with Crippen molar-refractivity contribution in [3.05, 3.63) is 16.1 Å². The SMILES string of the molecule is CN(Cc1nc(CCl)cs1)CC1CCCO1. The molecule has 1 aromatic rings. The zero-order chi connectivity index (χ0) is 11.4. The molecule has 3 nitrogen and oxygen atoms in total. The van der Waals surface area contributed by atoms with E-state index in [0.717, 1.165) is 30.4 Å². The van der Waals surface area contributed by atoms with E-state index in [4.69, 9.17) is 16.3 Å². The maximum atomic E-state index is 5.72. The summed E-state index contributed by atoms with van der Waals surface area (Å²) in [6, 6.07) is 0. The van der Waals surface area contributed by atoms with Gasteiger partial charge < -0.3 is 4.74 Å². The normalized spacial score (nSPS) is 20.8. The van der Waals surface area contributed by atoms with Gasteiger partial charge in [-0.05, 0) is 19.9 Å². The van der Waals surface area contributed by atoms with Gasteiger partial charge in [0.1, 0.15) is 5.01 Å². The Morgan fingerprint density at radius 1 is 1.69 bits per heavy atom. The van der Waals surface area contributed by atoms with Crippen molar-refractivity contribution in [3.8, 4) is 0 Å². The summed E-state index contributed by atoms with van der Waals surface area (Å²) < 4.78 is 5.61. The molecule has 0 spiro atoms. The number of hydrogen-bond donors (Lipinski definition) is 0. The molecule has 16 heavy (non-hydrogen) atoms. The van der Waals surface area contributed by atoms with Crippen LogP contribution in [0, 0.1) is 0 Å². The largest absolute Gasteiger partial charge is 0.377 e. The van der Waals surface area contributed by atoms with E-state index < -0.39 is 0 Å². The Bertz CT molecular complexity index is 326. The van der Waals surface area contributed by atoms with Crippen LogP contribution >= 0.6 is 22.9 Å². The smallest absolute Gasteiger partial charge is 0.107 e. The summed E-state index contributed by atoms with van der Waals surface area (Å²) in [4.78, 5) is 6.72. The van der Waals surface area contributed by atoms with Gasteiger partial charge in [-0.3, -0.25) is 4.90 Å². The summed E-state index contributed by atoms with van der Waals surface area (Å²) >= 11 is 7.41. The Labute approximate surface area is 105 Å². The fourth-order valence-electron chi connectivity index (χ4n) is 1.91. The van der Waals surface area contributed by atoms with Crippen LogP contribution in [0.15, 0.2) is 5.38 Å². The van der Waals surface area contributed by atoms with Crippen molar-refractivity contribution in [3.63, 3.8) is 0 Å². The molecule has 0 N–H and O–H groups in total. The van der Waals surface area contributed by atoms with E-state index in [-0.39, 0.29) is 0 Å². The monoisotopic (exact) mass is 260 g/mol. The highest BCUT2D eigenvalue weighted by molar-refractivity contribution is 7.09. The second-order valence-corrected chi connectivity index (χ2v) is 5.41. The summed E-state index contributed by atoms with van der Waals surface area (Å²) in [6.45, 7) is 2.81. The van der Waals surface area contributed by atoms with Crippen LogP contribution in [0.5, 0.6) is 0 Å². The number of rotatable bonds is 5. The highest BCUT2D eigenvalue weighted by Gasteiger charge is 2.17. The number of thiazole rings is 1. The number of nitrogens with zero attached hydrogens (tertiary/aromatic N) is 2. The molecule has 0 saturated carbocycles. The second kappa shape index (κ2) is 5.96. The molecule has 2 heterocycles. The lowest BCUT2D eigenvalue weighted by molar-refractivity contribution is 0.0793. The predicted octanol–water partition coefficient (Wildman–Crippen LogP) is 2.49. The average molecular weight is 261 g/mol. The average Bonchev–Trinajstić information content (AvgIpc) is 2.89. The van der Waals surface area contributed by atoms with Gasteiger partial charge in [0.05, 0.1) is 24.2 Å². The summed E-state index contributed by atoms with van der Waals surface area (Å²) in [6.07, 6.45) is 2.80. The van der Waals surface area contributed by atoms with Crippen molar-refractivity contribution < 1.29 is 4.74 Å². The van der Waals surface area contributed by atoms with E-state index in [1.165, 1.54) is 12.8 Å². The number of alkyl halides is 1. The number of aromatic nitrogens is 1. The zero-order valence-electron chi connectivity index (χ0n) is 9.49. The third kappa shape index (κ3) is 3.42. The third-order valence-corrected chi connectivity index (χ3v) is 3.84. The molecule has 1 atom stereocenters. The number of likely N-dealkylation sites (N-methyl/N-ethyl adjacent to an activating group) is 1. The standard InChI is InChI=1S/C11H17ClN2OS/c1-14(6-10-3-2-4-15-10)7-11-13-9(5-12)8-16-11/h8,10H,2-7H2,1H3. The third-order valence-electron chi connectivity index (χ3n) is 2.68. The van der Waals surface area contributed by atoms with E-state index in [9.17, 15) is 0 Å². The van der Waals surface area contributed by atoms with Crippen LogP contribution in [0.2, 0.25) is 0 Å². The second-order valence-electron chi connectivity index (χ2n) is 4.20. The highest BCUT2D eigenvalue weighted by Crippen LogP contribution is 2.16. The number of halogens is 1. The lowest BCUT2D eigenvalue weighted by atomic mass is 10.2. The van der Waals surface area contributed by atoms with Gasteiger partial charge in [0.15, 0.2) is 0 Å². The van der Waals surface area contributed by atoms with Crippen LogP contribution in [0.3, 0.4) is 0 Å². The van der Waals surface area contributed by atoms with E-state index in [1.807, 2.05) is 5.38 Å². The van der Waals surface area contributed by atoms with Crippen LogP contribution in [0.4, 0.5) is 0 Å². The fraction of sp³-hybridized carbons (Fsp3) is 0.727. The quantitative estimate of drug-likeness (QED) is 0.761. The molecule has 0 bridgehead atoms. The molecule has 0 amide bonds. The summed E-state index contributed by atoms with van der Waals surface area (Å²) in [5.41, 5.74) is 0.979. The molecule has 0 aromatic carbocycles. The maximum absolute atomic E-state index is 5.72. The molecule has 1 aliphatic rings. The van der Waals surface area contributed by atoms with Gasteiger partial charge in [-0.2, -0.15) is 0 Å². The van der Waals surface area contributed by atoms with Crippen molar-refractivity contribution in [2.24, 2.45) is 0 Å². The van der Waals surface area contributed by atoms with Crippen molar-refractivity contribution in [1.82, 2.24) is 9.88 Å². The van der Waals surface area contributed by atoms with Crippen molar-refractivity contribution in [1.29, 1.82) is 0 Å². The zero-order valence-corrected chi connectivity index (χ0v) is 11.1. The Balaban J connectivity index is 1.79. The van der Waals surface area contributed by atoms with E-state index in [0.29, 0.717) is 12.0 Å². The van der Waals surface area contributed by atoms with Gasteiger partial charge in [-0.1, -0.05) is 0 Å². The maximum Gasteiger partial charge on any atom is 0.107 e.